The van der Waals surface area contributed by atoms with Crippen LogP contribution in [0.5, 0.6) is 5.75 Å². The normalized spacial score (nSPS) is 11.1. The van der Waals surface area contributed by atoms with Crippen LogP contribution in [0, 0.1) is 6.92 Å². The van der Waals surface area contributed by atoms with E-state index in [1.807, 2.05) is 43.3 Å². The number of carboxylic acids is 2. The molecule has 0 unspecified atom stereocenters. The van der Waals surface area contributed by atoms with Crippen molar-refractivity contribution in [1.82, 2.24) is 19.8 Å². The Hall–Kier alpha value is -3.82. The van der Waals surface area contributed by atoms with Crippen LogP contribution in [0.1, 0.15) is 28.1 Å². The summed E-state index contributed by atoms with van der Waals surface area (Å²) in [7, 11) is 0. The Bertz CT molecular complexity index is 1020. The molecule has 178 valence electrons. The Morgan fingerprint density at radius 2 is 1.21 bits per heavy atom. The zero-order valence-electron chi connectivity index (χ0n) is 19.0. The summed E-state index contributed by atoms with van der Waals surface area (Å²) in [6, 6.07) is 14.5. The fourth-order valence-corrected chi connectivity index (χ4v) is 3.82. The zero-order valence-corrected chi connectivity index (χ0v) is 19.0. The topological polar surface area (TPSA) is 127 Å². The molecule has 2 aromatic heterocycles. The number of pyridine rings is 2. The van der Waals surface area contributed by atoms with E-state index in [0.717, 1.165) is 17.0 Å². The van der Waals surface area contributed by atoms with Crippen molar-refractivity contribution in [2.75, 3.05) is 13.1 Å². The van der Waals surface area contributed by atoms with Gasteiger partial charge in [-0.2, -0.15) is 0 Å². The summed E-state index contributed by atoms with van der Waals surface area (Å²) < 4.78 is 0. The molecule has 0 saturated heterocycles. The molecule has 0 amide bonds. The van der Waals surface area contributed by atoms with Crippen molar-refractivity contribution < 1.29 is 24.9 Å². The van der Waals surface area contributed by atoms with Gasteiger partial charge in [0, 0.05) is 49.7 Å². The van der Waals surface area contributed by atoms with E-state index in [1.54, 1.807) is 34.3 Å². The van der Waals surface area contributed by atoms with Crippen LogP contribution < -0.4 is 0 Å². The van der Waals surface area contributed by atoms with Crippen LogP contribution in [0.25, 0.3) is 0 Å². The molecule has 0 radical (unpaired) electrons. The number of aromatic hydroxyl groups is 1. The van der Waals surface area contributed by atoms with Crippen LogP contribution in [0.2, 0.25) is 0 Å². The lowest BCUT2D eigenvalue weighted by molar-refractivity contribution is -0.139. The van der Waals surface area contributed by atoms with E-state index in [0.29, 0.717) is 24.2 Å². The maximum absolute atomic E-state index is 11.4. The molecule has 0 aliphatic carbocycles. The predicted octanol–water partition coefficient (Wildman–Crippen LogP) is 2.66. The number of hydrogen-bond donors (Lipinski definition) is 3. The number of phenols is 1. The third-order valence-electron chi connectivity index (χ3n) is 5.14. The third kappa shape index (κ3) is 7.65. The van der Waals surface area contributed by atoms with Gasteiger partial charge in [0.2, 0.25) is 0 Å². The Morgan fingerprint density at radius 3 is 1.56 bits per heavy atom. The van der Waals surface area contributed by atoms with Crippen molar-refractivity contribution in [1.29, 1.82) is 0 Å². The largest absolute Gasteiger partial charge is 0.507 e. The maximum Gasteiger partial charge on any atom is 0.317 e. The van der Waals surface area contributed by atoms with Crippen LogP contribution in [0.3, 0.4) is 0 Å². The van der Waals surface area contributed by atoms with E-state index in [-0.39, 0.29) is 31.9 Å². The number of aliphatic carboxylic acids is 2. The Kier molecular flexibility index (Phi) is 8.66. The minimum absolute atomic E-state index is 0.0263. The predicted molar refractivity (Wildman–Crippen MR) is 125 cm³/mol. The molecule has 0 saturated carbocycles. The van der Waals surface area contributed by atoms with E-state index in [1.165, 1.54) is 0 Å². The fourth-order valence-electron chi connectivity index (χ4n) is 3.82. The lowest BCUT2D eigenvalue weighted by atomic mass is 10.0. The number of carbonyl (C=O) groups is 2. The van der Waals surface area contributed by atoms with Gasteiger partial charge in [0.05, 0.1) is 24.5 Å². The van der Waals surface area contributed by atoms with Crippen molar-refractivity contribution in [3.05, 3.63) is 89.0 Å². The van der Waals surface area contributed by atoms with Gasteiger partial charge >= 0.3 is 11.9 Å². The summed E-state index contributed by atoms with van der Waals surface area (Å²) in [5.41, 5.74) is 3.46. The smallest absolute Gasteiger partial charge is 0.317 e. The minimum Gasteiger partial charge on any atom is -0.507 e. The molecule has 9 nitrogen and oxygen atoms in total. The van der Waals surface area contributed by atoms with Crippen LogP contribution in [0.4, 0.5) is 0 Å². The first-order valence-electron chi connectivity index (χ1n) is 10.8. The van der Waals surface area contributed by atoms with Gasteiger partial charge in [-0.15, -0.1) is 0 Å². The Balaban J connectivity index is 1.83. The Labute approximate surface area is 197 Å². The summed E-state index contributed by atoms with van der Waals surface area (Å²) in [5.74, 6) is -1.93. The Morgan fingerprint density at radius 1 is 0.765 bits per heavy atom. The second kappa shape index (κ2) is 11.9. The van der Waals surface area contributed by atoms with Crippen molar-refractivity contribution in [2.24, 2.45) is 0 Å². The van der Waals surface area contributed by atoms with E-state index in [4.69, 9.17) is 0 Å². The molecular formula is C25H28N4O5. The lowest BCUT2D eigenvalue weighted by Crippen LogP contribution is -2.30. The second-order valence-electron chi connectivity index (χ2n) is 8.15. The summed E-state index contributed by atoms with van der Waals surface area (Å²) in [6.45, 7) is 2.45. The summed E-state index contributed by atoms with van der Waals surface area (Å²) in [6.07, 6.45) is 3.30. The highest BCUT2D eigenvalue weighted by Gasteiger charge is 2.19. The number of aromatic nitrogens is 2. The average Bonchev–Trinajstić information content (AvgIpc) is 2.77. The molecule has 3 rings (SSSR count). The van der Waals surface area contributed by atoms with Gasteiger partial charge in [0.25, 0.3) is 0 Å². The highest BCUT2D eigenvalue weighted by atomic mass is 16.4. The molecule has 0 aliphatic heterocycles. The van der Waals surface area contributed by atoms with Gasteiger partial charge in [0.15, 0.2) is 0 Å². The molecule has 2 heterocycles. The van der Waals surface area contributed by atoms with Crippen LogP contribution in [0.15, 0.2) is 60.9 Å². The van der Waals surface area contributed by atoms with Gasteiger partial charge in [-0.3, -0.25) is 29.4 Å². The second-order valence-corrected chi connectivity index (χ2v) is 8.15. The van der Waals surface area contributed by atoms with Crippen LogP contribution >= 0.6 is 0 Å². The number of nitrogens with zero attached hydrogens (tertiary/aromatic N) is 4. The first-order valence-corrected chi connectivity index (χ1v) is 10.8. The number of rotatable bonds is 12. The number of phenolic OH excluding ortho intramolecular Hbond substituents is 1. The molecule has 0 aliphatic rings. The van der Waals surface area contributed by atoms with Crippen LogP contribution in [-0.4, -0.2) is 60.1 Å². The molecule has 3 aromatic rings. The quantitative estimate of drug-likeness (QED) is 0.371. The number of carboxylic acid groups (broad SMARTS) is 2. The highest BCUT2D eigenvalue weighted by molar-refractivity contribution is 5.69. The molecule has 34 heavy (non-hydrogen) atoms. The summed E-state index contributed by atoms with van der Waals surface area (Å²) in [5, 5.41) is 29.8. The molecule has 0 bridgehead atoms. The van der Waals surface area contributed by atoms with Gasteiger partial charge < -0.3 is 15.3 Å². The monoisotopic (exact) mass is 464 g/mol. The molecule has 0 spiro atoms. The molecule has 1 aromatic carbocycles. The van der Waals surface area contributed by atoms with Crippen LogP contribution in [-0.2, 0) is 35.8 Å². The molecule has 0 atom stereocenters. The third-order valence-corrected chi connectivity index (χ3v) is 5.14. The lowest BCUT2D eigenvalue weighted by Gasteiger charge is -2.24. The minimum atomic E-state index is -0.980. The van der Waals surface area contributed by atoms with Gasteiger partial charge in [-0.25, -0.2) is 0 Å². The molecule has 3 N–H and O–H groups in total. The fraction of sp³-hybridized carbons (Fsp3) is 0.280. The maximum atomic E-state index is 11.4. The van der Waals surface area contributed by atoms with E-state index in [9.17, 15) is 24.9 Å². The number of benzene rings is 1. The van der Waals surface area contributed by atoms with Crippen molar-refractivity contribution >= 4 is 11.9 Å². The van der Waals surface area contributed by atoms with Gasteiger partial charge in [-0.1, -0.05) is 29.8 Å². The molecule has 9 heteroatoms. The highest BCUT2D eigenvalue weighted by Crippen LogP contribution is 2.28. The standard InChI is InChI=1S/C25H28N4O5/c1-18-10-19(12-28(16-23(30)31)14-21-6-2-4-8-26-21)25(34)20(11-18)13-29(17-24(32)33)15-22-7-3-5-9-27-22/h2-11,34H,12-17H2,1H3,(H,30,31)(H,32,33). The van der Waals surface area contributed by atoms with Crippen molar-refractivity contribution in [3.8, 4) is 5.75 Å². The number of aryl methyl sites for hydroxylation is 1. The first kappa shape index (κ1) is 24.8. The SMILES string of the molecule is Cc1cc(CN(CC(=O)O)Cc2ccccn2)c(O)c(CN(CC(=O)O)Cc2ccccn2)c1. The van der Waals surface area contributed by atoms with E-state index in [2.05, 4.69) is 9.97 Å². The summed E-state index contributed by atoms with van der Waals surface area (Å²) >= 11 is 0. The summed E-state index contributed by atoms with van der Waals surface area (Å²) in [4.78, 5) is 34.8. The van der Waals surface area contributed by atoms with Gasteiger partial charge in [-0.05, 0) is 31.2 Å². The van der Waals surface area contributed by atoms with Gasteiger partial charge in [0.1, 0.15) is 5.75 Å². The van der Waals surface area contributed by atoms with Crippen molar-refractivity contribution in [2.45, 2.75) is 33.1 Å². The average molecular weight is 465 g/mol. The van der Waals surface area contributed by atoms with E-state index >= 15 is 0 Å². The van der Waals surface area contributed by atoms with E-state index < -0.39 is 11.9 Å². The number of hydrogen-bond acceptors (Lipinski definition) is 7. The molecular weight excluding hydrogens is 436 g/mol. The first-order chi connectivity index (χ1) is 16.3. The van der Waals surface area contributed by atoms with Crippen molar-refractivity contribution in [3.63, 3.8) is 0 Å². The molecule has 0 fully saturated rings. The zero-order chi connectivity index (χ0) is 24.5.